The first kappa shape index (κ1) is 12.5. The van der Waals surface area contributed by atoms with E-state index in [9.17, 15) is 4.79 Å². The zero-order valence-corrected chi connectivity index (χ0v) is 10.2. The second-order valence-corrected chi connectivity index (χ2v) is 5.55. The van der Waals surface area contributed by atoms with Crippen molar-refractivity contribution >= 4 is 5.91 Å². The first-order chi connectivity index (χ1) is 6.89. The normalized spacial score (nSPS) is 27.5. The van der Waals surface area contributed by atoms with Crippen molar-refractivity contribution < 1.29 is 4.79 Å². The molecule has 0 atom stereocenters. The van der Waals surface area contributed by atoms with Crippen LogP contribution in [0, 0.1) is 5.92 Å². The minimum atomic E-state index is -0.0715. The average molecular weight is 212 g/mol. The lowest BCUT2D eigenvalue weighted by atomic mass is 9.79. The van der Waals surface area contributed by atoms with Crippen molar-refractivity contribution in [1.29, 1.82) is 0 Å². The third-order valence-corrected chi connectivity index (χ3v) is 3.20. The lowest BCUT2D eigenvalue weighted by molar-refractivity contribution is -0.120. The summed E-state index contributed by atoms with van der Waals surface area (Å²) >= 11 is 0. The summed E-state index contributed by atoms with van der Waals surface area (Å²) in [5.74, 6) is 0.791. The van der Waals surface area contributed by atoms with Gasteiger partial charge >= 0.3 is 0 Å². The fourth-order valence-corrected chi connectivity index (χ4v) is 2.64. The largest absolute Gasteiger partial charge is 0.351 e. The topological polar surface area (TPSA) is 55.1 Å². The fourth-order valence-electron chi connectivity index (χ4n) is 2.64. The van der Waals surface area contributed by atoms with E-state index in [2.05, 4.69) is 19.2 Å². The van der Waals surface area contributed by atoms with Crippen molar-refractivity contribution in [3.8, 4) is 0 Å². The third kappa shape index (κ3) is 4.65. The molecule has 1 rings (SSSR count). The zero-order valence-electron chi connectivity index (χ0n) is 10.2. The standard InChI is InChI=1S/C12H24N2O/c1-9(15)14-12(2,3)8-10-4-6-11(13)7-5-10/h10-11H,4-8,13H2,1-3H3,(H,14,15)/t10-,11+. The summed E-state index contributed by atoms with van der Waals surface area (Å²) in [7, 11) is 0. The minimum absolute atomic E-state index is 0.0625. The predicted octanol–water partition coefficient (Wildman–Crippen LogP) is 1.81. The van der Waals surface area contributed by atoms with Gasteiger partial charge in [0.25, 0.3) is 0 Å². The summed E-state index contributed by atoms with van der Waals surface area (Å²) in [6.45, 7) is 5.78. The average Bonchev–Trinajstić information content (AvgIpc) is 2.06. The highest BCUT2D eigenvalue weighted by atomic mass is 16.1. The Morgan fingerprint density at radius 2 is 1.87 bits per heavy atom. The van der Waals surface area contributed by atoms with Gasteiger partial charge < -0.3 is 11.1 Å². The molecule has 3 nitrogen and oxygen atoms in total. The van der Waals surface area contributed by atoms with Gasteiger partial charge in [-0.25, -0.2) is 0 Å². The van der Waals surface area contributed by atoms with E-state index in [0.717, 1.165) is 25.2 Å². The van der Waals surface area contributed by atoms with Crippen molar-refractivity contribution in [1.82, 2.24) is 5.32 Å². The molecule has 1 saturated carbocycles. The second kappa shape index (κ2) is 4.97. The highest BCUT2D eigenvalue weighted by Crippen LogP contribution is 2.29. The Bertz CT molecular complexity index is 218. The highest BCUT2D eigenvalue weighted by Gasteiger charge is 2.26. The zero-order chi connectivity index (χ0) is 11.5. The second-order valence-electron chi connectivity index (χ2n) is 5.55. The number of rotatable bonds is 3. The molecular weight excluding hydrogens is 188 g/mol. The molecule has 3 N–H and O–H groups in total. The van der Waals surface area contributed by atoms with Crippen molar-refractivity contribution in [3.63, 3.8) is 0 Å². The molecule has 0 saturated heterocycles. The first-order valence-electron chi connectivity index (χ1n) is 5.93. The van der Waals surface area contributed by atoms with Gasteiger partial charge in [0.2, 0.25) is 5.91 Å². The van der Waals surface area contributed by atoms with Crippen LogP contribution in [0.1, 0.15) is 52.9 Å². The highest BCUT2D eigenvalue weighted by molar-refractivity contribution is 5.73. The van der Waals surface area contributed by atoms with E-state index < -0.39 is 0 Å². The van der Waals surface area contributed by atoms with E-state index in [1.165, 1.54) is 12.8 Å². The number of hydrogen-bond donors (Lipinski definition) is 2. The van der Waals surface area contributed by atoms with Crippen LogP contribution in [0.2, 0.25) is 0 Å². The molecule has 0 aromatic carbocycles. The van der Waals surface area contributed by atoms with Gasteiger partial charge in [-0.15, -0.1) is 0 Å². The Hall–Kier alpha value is -0.570. The number of hydrogen-bond acceptors (Lipinski definition) is 2. The van der Waals surface area contributed by atoms with Crippen LogP contribution < -0.4 is 11.1 Å². The van der Waals surface area contributed by atoms with E-state index in [1.807, 2.05) is 0 Å². The van der Waals surface area contributed by atoms with E-state index in [0.29, 0.717) is 6.04 Å². The molecule has 0 aliphatic heterocycles. The molecule has 0 aromatic rings. The van der Waals surface area contributed by atoms with Crippen LogP contribution in [0.3, 0.4) is 0 Å². The molecule has 1 amide bonds. The molecule has 3 heteroatoms. The van der Waals surface area contributed by atoms with Crippen LogP contribution >= 0.6 is 0 Å². The molecule has 0 radical (unpaired) electrons. The maximum atomic E-state index is 11.0. The molecule has 0 spiro atoms. The summed E-state index contributed by atoms with van der Waals surface area (Å²) in [6, 6.07) is 0.408. The Kier molecular flexibility index (Phi) is 4.14. The Morgan fingerprint density at radius 3 is 2.33 bits per heavy atom. The van der Waals surface area contributed by atoms with Crippen LogP contribution in [0.15, 0.2) is 0 Å². The van der Waals surface area contributed by atoms with Crippen molar-refractivity contribution in [2.24, 2.45) is 11.7 Å². The van der Waals surface area contributed by atoms with Gasteiger partial charge in [0.05, 0.1) is 0 Å². The van der Waals surface area contributed by atoms with Crippen molar-refractivity contribution in [2.75, 3.05) is 0 Å². The maximum absolute atomic E-state index is 11.0. The predicted molar refractivity (Wildman–Crippen MR) is 62.4 cm³/mol. The molecule has 15 heavy (non-hydrogen) atoms. The van der Waals surface area contributed by atoms with Crippen molar-refractivity contribution in [3.05, 3.63) is 0 Å². The molecular formula is C12H24N2O. The number of carbonyl (C=O) groups excluding carboxylic acids is 1. The van der Waals surface area contributed by atoms with Crippen LogP contribution in [-0.2, 0) is 4.79 Å². The number of amides is 1. The SMILES string of the molecule is CC(=O)NC(C)(C)C[C@H]1CC[C@@H](N)CC1. The summed E-state index contributed by atoms with van der Waals surface area (Å²) in [5, 5.41) is 3.01. The number of nitrogens with one attached hydrogen (secondary N) is 1. The Labute approximate surface area is 92.8 Å². The van der Waals surface area contributed by atoms with E-state index in [4.69, 9.17) is 5.73 Å². The lowest BCUT2D eigenvalue weighted by Gasteiger charge is -2.33. The summed E-state index contributed by atoms with van der Waals surface area (Å²) < 4.78 is 0. The van der Waals surface area contributed by atoms with E-state index in [1.54, 1.807) is 6.92 Å². The van der Waals surface area contributed by atoms with Crippen LogP contribution in [0.5, 0.6) is 0 Å². The fraction of sp³-hybridized carbons (Fsp3) is 0.917. The third-order valence-electron chi connectivity index (χ3n) is 3.20. The van der Waals surface area contributed by atoms with Crippen molar-refractivity contribution in [2.45, 2.75) is 64.5 Å². The van der Waals surface area contributed by atoms with Crippen LogP contribution in [0.4, 0.5) is 0 Å². The monoisotopic (exact) mass is 212 g/mol. The number of carbonyl (C=O) groups is 1. The van der Waals surface area contributed by atoms with Gasteiger partial charge in [0.15, 0.2) is 0 Å². The van der Waals surface area contributed by atoms with Gasteiger partial charge in [0.1, 0.15) is 0 Å². The van der Waals surface area contributed by atoms with Gasteiger partial charge in [-0.2, -0.15) is 0 Å². The quantitative estimate of drug-likeness (QED) is 0.749. The van der Waals surface area contributed by atoms with Gasteiger partial charge in [0, 0.05) is 18.5 Å². The van der Waals surface area contributed by atoms with Gasteiger partial charge in [-0.3, -0.25) is 4.79 Å². The Balaban J connectivity index is 2.36. The van der Waals surface area contributed by atoms with Crippen LogP contribution in [-0.4, -0.2) is 17.5 Å². The number of nitrogens with two attached hydrogens (primary N) is 1. The maximum Gasteiger partial charge on any atom is 0.217 e. The van der Waals surface area contributed by atoms with Gasteiger partial charge in [-0.05, 0) is 51.9 Å². The molecule has 1 fully saturated rings. The summed E-state index contributed by atoms with van der Waals surface area (Å²) in [4.78, 5) is 11.0. The molecule has 0 aromatic heterocycles. The van der Waals surface area contributed by atoms with Crippen LogP contribution in [0.25, 0.3) is 0 Å². The molecule has 1 aliphatic carbocycles. The first-order valence-corrected chi connectivity index (χ1v) is 5.93. The smallest absolute Gasteiger partial charge is 0.217 e. The Morgan fingerprint density at radius 1 is 1.33 bits per heavy atom. The van der Waals surface area contributed by atoms with Gasteiger partial charge in [-0.1, -0.05) is 0 Å². The molecule has 0 unspecified atom stereocenters. The van der Waals surface area contributed by atoms with E-state index in [-0.39, 0.29) is 11.4 Å². The molecule has 0 heterocycles. The minimum Gasteiger partial charge on any atom is -0.351 e. The summed E-state index contributed by atoms with van der Waals surface area (Å²) in [5.41, 5.74) is 5.80. The molecule has 1 aliphatic rings. The summed E-state index contributed by atoms with van der Waals surface area (Å²) in [6.07, 6.45) is 5.77. The van der Waals surface area contributed by atoms with E-state index >= 15 is 0 Å². The lowest BCUT2D eigenvalue weighted by Crippen LogP contribution is -2.44. The molecule has 88 valence electrons. The molecule has 0 bridgehead atoms.